The number of nitrogens with zero attached hydrogens (tertiary/aromatic N) is 5. The highest BCUT2D eigenvalue weighted by atomic mass is 19.1. The van der Waals surface area contributed by atoms with Gasteiger partial charge in [-0.05, 0) is 55.0 Å². The number of ketones is 1. The van der Waals surface area contributed by atoms with E-state index in [4.69, 9.17) is 11.5 Å². The van der Waals surface area contributed by atoms with Crippen LogP contribution in [0.4, 0.5) is 4.39 Å². The zero-order valence-electron chi connectivity index (χ0n) is 22.9. The number of halogens is 1. The number of Topliss-reactive ketones (excluding diaryl/α,β-unsaturated/α-hetero) is 1. The van der Waals surface area contributed by atoms with Crippen molar-refractivity contribution >= 4 is 17.6 Å². The zero-order chi connectivity index (χ0) is 28.4. The van der Waals surface area contributed by atoms with E-state index < -0.39 is 11.2 Å². The predicted octanol–water partition coefficient (Wildman–Crippen LogP) is 6.06. The molecule has 0 saturated carbocycles. The fourth-order valence-electron chi connectivity index (χ4n) is 6.33. The molecule has 2 aliphatic carbocycles. The molecule has 0 N–H and O–H groups in total. The molecule has 1 aromatic carbocycles. The van der Waals surface area contributed by atoms with Crippen LogP contribution in [0.2, 0.25) is 0 Å². The molecule has 3 atom stereocenters. The fraction of sp³-hybridized carbons (Fsp3) is 0.303. The van der Waals surface area contributed by atoms with Crippen molar-refractivity contribution in [3.05, 3.63) is 83.2 Å². The standard InChI is InChI=1S/C33H30FN5O/c1-5-22(14-15-36-4)30-28-8-6-7-9-29-21(2)31(40)25(18-35)17-33(29,3)32(28)39(38-30)27-12-10-23(11-13-27)24-16-26(34)20-37-19-24/h1,10-17,19-21,29H,6-9H2,2-4H3/b22-14+,36-15?/t21-,29+,33-/m1/s1. The normalized spacial score (nSPS) is 22.9. The largest absolute Gasteiger partial charge is 0.296 e. The van der Waals surface area contributed by atoms with Crippen molar-refractivity contribution in [3.63, 3.8) is 0 Å². The van der Waals surface area contributed by atoms with Gasteiger partial charge in [0.05, 0.1) is 28.7 Å². The monoisotopic (exact) mass is 531 g/mol. The van der Waals surface area contributed by atoms with Gasteiger partial charge in [0.15, 0.2) is 5.78 Å². The smallest absolute Gasteiger partial charge is 0.176 e. The Morgan fingerprint density at radius 1 is 1.25 bits per heavy atom. The summed E-state index contributed by atoms with van der Waals surface area (Å²) in [5.74, 6) is 1.98. The number of terminal acetylenes is 1. The Hall–Kier alpha value is -4.62. The van der Waals surface area contributed by atoms with Crippen LogP contribution in [0.5, 0.6) is 0 Å². The highest BCUT2D eigenvalue weighted by molar-refractivity contribution is 6.02. The lowest BCUT2D eigenvalue weighted by Crippen LogP contribution is -2.44. The number of carbonyl (C=O) groups is 1. The maximum absolute atomic E-state index is 13.8. The van der Waals surface area contributed by atoms with E-state index in [1.54, 1.807) is 25.5 Å². The van der Waals surface area contributed by atoms with Gasteiger partial charge in [0.1, 0.15) is 17.6 Å². The van der Waals surface area contributed by atoms with E-state index in [1.807, 2.05) is 41.9 Å². The molecule has 40 heavy (non-hydrogen) atoms. The van der Waals surface area contributed by atoms with Crippen LogP contribution in [0.15, 0.2) is 65.4 Å². The molecule has 0 aliphatic heterocycles. The Labute approximate surface area is 234 Å². The number of fused-ring (bicyclic) bond motifs is 3. The first-order chi connectivity index (χ1) is 19.3. The molecule has 0 radical (unpaired) electrons. The SMILES string of the molecule is C#C/C(=C\C=NC)c1nn(-c2ccc(-c3cncc(F)c3)cc2)c2c1CCCC[C@H]1[C@@H](C)C(=O)C(C#N)=C[C@@]21C. The Bertz CT molecular complexity index is 1650. The zero-order valence-corrected chi connectivity index (χ0v) is 22.9. The number of nitriles is 1. The number of aliphatic imine (C=N–C) groups is 1. The van der Waals surface area contributed by atoms with Crippen LogP contribution < -0.4 is 0 Å². The van der Waals surface area contributed by atoms with Gasteiger partial charge in [-0.2, -0.15) is 10.4 Å². The number of benzene rings is 1. The van der Waals surface area contributed by atoms with Crippen molar-refractivity contribution in [3.8, 4) is 35.2 Å². The molecule has 0 fully saturated rings. The van der Waals surface area contributed by atoms with E-state index in [2.05, 4.69) is 28.9 Å². The first-order valence-electron chi connectivity index (χ1n) is 13.4. The van der Waals surface area contributed by atoms with Crippen LogP contribution >= 0.6 is 0 Å². The molecule has 200 valence electrons. The van der Waals surface area contributed by atoms with E-state index in [0.717, 1.165) is 48.2 Å². The maximum atomic E-state index is 13.8. The van der Waals surface area contributed by atoms with E-state index in [9.17, 15) is 14.4 Å². The van der Waals surface area contributed by atoms with E-state index in [0.29, 0.717) is 16.8 Å². The van der Waals surface area contributed by atoms with E-state index in [-0.39, 0.29) is 23.2 Å². The van der Waals surface area contributed by atoms with Gasteiger partial charge >= 0.3 is 0 Å². The average Bonchev–Trinajstić information content (AvgIpc) is 3.33. The van der Waals surface area contributed by atoms with Crippen LogP contribution in [0.3, 0.4) is 0 Å². The van der Waals surface area contributed by atoms with Gasteiger partial charge in [-0.3, -0.25) is 14.8 Å². The third-order valence-electron chi connectivity index (χ3n) is 8.25. The summed E-state index contributed by atoms with van der Waals surface area (Å²) in [7, 11) is 1.68. The molecule has 6 nitrogen and oxygen atoms in total. The summed E-state index contributed by atoms with van der Waals surface area (Å²) in [5, 5.41) is 15.0. The molecule has 0 amide bonds. The highest BCUT2D eigenvalue weighted by Crippen LogP contribution is 2.49. The second-order valence-electron chi connectivity index (χ2n) is 10.6. The predicted molar refractivity (Wildman–Crippen MR) is 154 cm³/mol. The van der Waals surface area contributed by atoms with Gasteiger partial charge in [-0.25, -0.2) is 9.07 Å². The first-order valence-corrected chi connectivity index (χ1v) is 13.4. The van der Waals surface area contributed by atoms with E-state index in [1.165, 1.54) is 12.3 Å². The summed E-state index contributed by atoms with van der Waals surface area (Å²) in [4.78, 5) is 21.1. The van der Waals surface area contributed by atoms with Crippen molar-refractivity contribution in [1.82, 2.24) is 14.8 Å². The van der Waals surface area contributed by atoms with Gasteiger partial charge < -0.3 is 0 Å². The third kappa shape index (κ3) is 4.58. The van der Waals surface area contributed by atoms with Crippen LogP contribution in [0, 0.1) is 41.3 Å². The number of hydrogen-bond acceptors (Lipinski definition) is 5. The summed E-state index contributed by atoms with van der Waals surface area (Å²) >= 11 is 0. The molecule has 0 bridgehead atoms. The molecule has 0 saturated heterocycles. The molecule has 7 heteroatoms. The summed E-state index contributed by atoms with van der Waals surface area (Å²) in [6.07, 6.45) is 17.6. The van der Waals surface area contributed by atoms with Crippen molar-refractivity contribution in [2.45, 2.75) is 44.9 Å². The molecule has 0 spiro atoms. The number of allylic oxidation sites excluding steroid dienone is 4. The number of rotatable bonds is 4. The number of aromatic nitrogens is 3. The minimum absolute atomic E-state index is 0.00689. The van der Waals surface area contributed by atoms with Crippen LogP contribution in [0.25, 0.3) is 22.4 Å². The van der Waals surface area contributed by atoms with Crippen LogP contribution in [-0.4, -0.2) is 33.8 Å². The Morgan fingerprint density at radius 2 is 2.02 bits per heavy atom. The van der Waals surface area contributed by atoms with Gasteiger partial charge in [-0.15, -0.1) is 6.42 Å². The molecule has 5 rings (SSSR count). The molecule has 2 aromatic heterocycles. The summed E-state index contributed by atoms with van der Waals surface area (Å²) < 4.78 is 15.7. The van der Waals surface area contributed by atoms with Gasteiger partial charge in [0, 0.05) is 41.9 Å². The number of hydrogen-bond donors (Lipinski definition) is 0. The lowest BCUT2D eigenvalue weighted by atomic mass is 9.59. The number of pyridine rings is 1. The first kappa shape index (κ1) is 27.0. The van der Waals surface area contributed by atoms with Crippen molar-refractivity contribution in [2.75, 3.05) is 7.05 Å². The lowest BCUT2D eigenvalue weighted by molar-refractivity contribution is -0.121. The summed E-state index contributed by atoms with van der Waals surface area (Å²) in [6.45, 7) is 4.05. The lowest BCUT2D eigenvalue weighted by Gasteiger charge is -2.43. The Morgan fingerprint density at radius 3 is 2.70 bits per heavy atom. The molecule has 2 aliphatic rings. The van der Waals surface area contributed by atoms with Crippen molar-refractivity contribution in [1.29, 1.82) is 5.26 Å². The summed E-state index contributed by atoms with van der Waals surface area (Å²) in [5.41, 5.74) is 5.13. The highest BCUT2D eigenvalue weighted by Gasteiger charge is 2.49. The maximum Gasteiger partial charge on any atom is 0.176 e. The van der Waals surface area contributed by atoms with Crippen molar-refractivity contribution in [2.24, 2.45) is 16.8 Å². The Balaban J connectivity index is 1.78. The minimum Gasteiger partial charge on any atom is -0.296 e. The van der Waals surface area contributed by atoms with Crippen LogP contribution in [-0.2, 0) is 16.6 Å². The average molecular weight is 532 g/mol. The third-order valence-corrected chi connectivity index (χ3v) is 8.25. The van der Waals surface area contributed by atoms with E-state index >= 15 is 0 Å². The molecular formula is C33H30FN5O. The second kappa shape index (κ2) is 10.9. The summed E-state index contributed by atoms with van der Waals surface area (Å²) in [6, 6.07) is 11.3. The van der Waals surface area contributed by atoms with Crippen LogP contribution in [0.1, 0.15) is 50.1 Å². The second-order valence-corrected chi connectivity index (χ2v) is 10.6. The van der Waals surface area contributed by atoms with Crippen molar-refractivity contribution < 1.29 is 9.18 Å². The quantitative estimate of drug-likeness (QED) is 0.303. The fourth-order valence-corrected chi connectivity index (χ4v) is 6.33. The van der Waals surface area contributed by atoms with Gasteiger partial charge in [-0.1, -0.05) is 44.4 Å². The number of carbonyl (C=O) groups excluding carboxylic acids is 1. The molecule has 3 aromatic rings. The Kier molecular flexibility index (Phi) is 7.32. The molecular weight excluding hydrogens is 501 g/mol. The molecule has 2 heterocycles. The van der Waals surface area contributed by atoms with Gasteiger partial charge in [0.2, 0.25) is 0 Å². The minimum atomic E-state index is -0.636. The topological polar surface area (TPSA) is 83.9 Å². The molecule has 0 unspecified atom stereocenters. The van der Waals surface area contributed by atoms with Gasteiger partial charge in [0.25, 0.3) is 0 Å².